The summed E-state index contributed by atoms with van der Waals surface area (Å²) in [4.78, 5) is 0. The Labute approximate surface area is 122 Å². The van der Waals surface area contributed by atoms with Gasteiger partial charge in [0.25, 0.3) is 0 Å². The van der Waals surface area contributed by atoms with E-state index in [9.17, 15) is 0 Å². The maximum Gasteiger partial charge on any atom is 0.171 e. The largest absolute Gasteiger partial charge is 0.205 e. The second kappa shape index (κ2) is 7.18. The second-order valence-electron chi connectivity index (χ2n) is 5.72. The van der Waals surface area contributed by atoms with Crippen molar-refractivity contribution in [2.45, 2.75) is 53.1 Å². The van der Waals surface area contributed by atoms with Crippen molar-refractivity contribution in [3.05, 3.63) is 59.7 Å². The van der Waals surface area contributed by atoms with Crippen LogP contribution in [0.15, 0.2) is 43.0 Å². The van der Waals surface area contributed by atoms with Gasteiger partial charge in [-0.25, -0.2) is 9.13 Å². The van der Waals surface area contributed by atoms with Gasteiger partial charge in [-0.15, -0.1) is 0 Å². The number of rotatable bonds is 6. The van der Waals surface area contributed by atoms with Crippen LogP contribution in [-0.2, 0) is 13.1 Å². The summed E-state index contributed by atoms with van der Waals surface area (Å²) >= 11 is 0. The smallest absolute Gasteiger partial charge is 0.171 e. The number of hydrogen-bond acceptors (Lipinski definition) is 0. The molecule has 0 aliphatic rings. The Morgan fingerprint density at radius 1 is 0.700 bits per heavy atom. The van der Waals surface area contributed by atoms with Crippen molar-refractivity contribution >= 4 is 0 Å². The summed E-state index contributed by atoms with van der Waals surface area (Å²) in [6, 6.07) is 6.55. The minimum atomic E-state index is 1.12. The molecule has 2 heteroatoms. The molecule has 2 aromatic rings. The highest BCUT2D eigenvalue weighted by Gasteiger charge is 2.04. The molecular formula is C18H26N2+2. The van der Waals surface area contributed by atoms with Crippen LogP contribution in [0.1, 0.15) is 36.0 Å². The molecule has 0 aliphatic carbocycles. The van der Waals surface area contributed by atoms with Crippen molar-refractivity contribution in [1.29, 1.82) is 0 Å². The Kier molecular flexibility index (Phi) is 5.28. The van der Waals surface area contributed by atoms with Crippen LogP contribution in [-0.4, -0.2) is 0 Å². The van der Waals surface area contributed by atoms with Gasteiger partial charge in [0.1, 0.15) is 13.1 Å². The number of hydrogen-bond donors (Lipinski definition) is 0. The fourth-order valence-corrected chi connectivity index (χ4v) is 2.32. The Balaban J connectivity index is 1.68. The van der Waals surface area contributed by atoms with E-state index in [-0.39, 0.29) is 0 Å². The van der Waals surface area contributed by atoms with E-state index >= 15 is 0 Å². The Hall–Kier alpha value is -1.70. The highest BCUT2D eigenvalue weighted by Crippen LogP contribution is 2.02. The van der Waals surface area contributed by atoms with Gasteiger partial charge >= 0.3 is 0 Å². The van der Waals surface area contributed by atoms with Crippen molar-refractivity contribution in [3.63, 3.8) is 0 Å². The molecule has 2 heterocycles. The van der Waals surface area contributed by atoms with Crippen molar-refractivity contribution < 1.29 is 9.13 Å². The summed E-state index contributed by atoms with van der Waals surface area (Å²) in [5.74, 6) is 0. The number of aromatic nitrogens is 2. The molecule has 0 fully saturated rings. The first kappa shape index (κ1) is 14.7. The predicted octanol–water partition coefficient (Wildman–Crippen LogP) is 3.06. The molecular weight excluding hydrogens is 244 g/mol. The molecule has 0 N–H and O–H groups in total. The molecule has 106 valence electrons. The van der Waals surface area contributed by atoms with Crippen LogP contribution in [0.4, 0.5) is 0 Å². The maximum atomic E-state index is 2.31. The fraction of sp³-hybridized carbons (Fsp3) is 0.444. The van der Waals surface area contributed by atoms with Crippen LogP contribution < -0.4 is 9.13 Å². The van der Waals surface area contributed by atoms with Gasteiger partial charge in [-0.3, -0.25) is 0 Å². The minimum absolute atomic E-state index is 1.12. The molecule has 0 bridgehead atoms. The van der Waals surface area contributed by atoms with Crippen LogP contribution in [0.25, 0.3) is 0 Å². The number of nitrogens with zero attached hydrogens (tertiary/aromatic N) is 2. The van der Waals surface area contributed by atoms with E-state index in [1.807, 2.05) is 0 Å². The van der Waals surface area contributed by atoms with Gasteiger partial charge in [0, 0.05) is 36.6 Å². The van der Waals surface area contributed by atoms with Gasteiger partial charge in [0.15, 0.2) is 24.8 Å². The lowest BCUT2D eigenvalue weighted by molar-refractivity contribution is -0.701. The van der Waals surface area contributed by atoms with Crippen LogP contribution in [0.2, 0.25) is 0 Å². The maximum absolute atomic E-state index is 2.31. The van der Waals surface area contributed by atoms with Crippen LogP contribution in [0.5, 0.6) is 0 Å². The predicted molar refractivity (Wildman–Crippen MR) is 81.3 cm³/mol. The number of pyridine rings is 2. The number of aryl methyl sites for hydroxylation is 5. The van der Waals surface area contributed by atoms with E-state index in [1.165, 1.54) is 36.0 Å². The van der Waals surface area contributed by atoms with E-state index in [4.69, 9.17) is 0 Å². The van der Waals surface area contributed by atoms with Crippen molar-refractivity contribution in [1.82, 2.24) is 0 Å². The van der Waals surface area contributed by atoms with E-state index in [0.29, 0.717) is 0 Å². The van der Waals surface area contributed by atoms with Gasteiger partial charge in [-0.1, -0.05) is 0 Å². The summed E-state index contributed by atoms with van der Waals surface area (Å²) in [5.41, 5.74) is 4.08. The zero-order valence-corrected chi connectivity index (χ0v) is 13.0. The third kappa shape index (κ3) is 4.44. The summed E-state index contributed by atoms with van der Waals surface area (Å²) in [7, 11) is 0. The zero-order valence-electron chi connectivity index (χ0n) is 13.0. The van der Waals surface area contributed by atoms with Gasteiger partial charge in [0.05, 0.1) is 0 Å². The Bertz CT molecular complexity index is 544. The normalized spacial score (nSPS) is 10.8. The highest BCUT2D eigenvalue weighted by atomic mass is 14.9. The van der Waals surface area contributed by atoms with Crippen LogP contribution in [0, 0.1) is 20.8 Å². The molecule has 0 aromatic carbocycles. The lowest BCUT2D eigenvalue weighted by atomic mass is 10.2. The standard InChI is InChI=1S/C18H26N2/c1-16-7-12-19(13-8-16)10-5-4-6-11-20-14-9-17(2)18(3)15-20/h7-9,12-15H,4-6,10-11H2,1-3H3/q+2. The average molecular weight is 270 g/mol. The third-order valence-corrected chi connectivity index (χ3v) is 3.89. The fourth-order valence-electron chi connectivity index (χ4n) is 2.32. The lowest BCUT2D eigenvalue weighted by Gasteiger charge is -2.01. The van der Waals surface area contributed by atoms with Gasteiger partial charge < -0.3 is 0 Å². The van der Waals surface area contributed by atoms with Crippen molar-refractivity contribution in [2.24, 2.45) is 0 Å². The molecule has 2 aromatic heterocycles. The first-order chi connectivity index (χ1) is 9.65. The summed E-state index contributed by atoms with van der Waals surface area (Å²) < 4.78 is 4.58. The molecule has 0 spiro atoms. The molecule has 0 radical (unpaired) electrons. The first-order valence-corrected chi connectivity index (χ1v) is 7.57. The zero-order chi connectivity index (χ0) is 14.4. The van der Waals surface area contributed by atoms with Gasteiger partial charge in [0.2, 0.25) is 0 Å². The van der Waals surface area contributed by atoms with E-state index in [2.05, 4.69) is 72.9 Å². The molecule has 0 unspecified atom stereocenters. The van der Waals surface area contributed by atoms with Gasteiger partial charge in [-0.2, -0.15) is 0 Å². The van der Waals surface area contributed by atoms with E-state index in [0.717, 1.165) is 13.1 Å². The molecule has 0 saturated heterocycles. The minimum Gasteiger partial charge on any atom is -0.205 e. The Morgan fingerprint density at radius 3 is 1.95 bits per heavy atom. The summed E-state index contributed by atoms with van der Waals surface area (Å²) in [5, 5.41) is 0. The Morgan fingerprint density at radius 2 is 1.30 bits per heavy atom. The van der Waals surface area contributed by atoms with Crippen LogP contribution in [0.3, 0.4) is 0 Å². The number of unbranched alkanes of at least 4 members (excludes halogenated alkanes) is 2. The summed E-state index contributed by atoms with van der Waals surface area (Å²) in [6.07, 6.45) is 12.6. The molecule has 2 nitrogen and oxygen atoms in total. The highest BCUT2D eigenvalue weighted by molar-refractivity contribution is 5.16. The molecule has 0 amide bonds. The van der Waals surface area contributed by atoms with Crippen LogP contribution >= 0.6 is 0 Å². The van der Waals surface area contributed by atoms with E-state index < -0.39 is 0 Å². The SMILES string of the molecule is Cc1cc[n+](CCCCC[n+]2ccc(C)c(C)c2)cc1. The summed E-state index contributed by atoms with van der Waals surface area (Å²) in [6.45, 7) is 8.72. The molecule has 0 saturated carbocycles. The average Bonchev–Trinajstić information content (AvgIpc) is 2.44. The molecule has 0 aliphatic heterocycles. The molecule has 0 atom stereocenters. The van der Waals surface area contributed by atoms with Crippen molar-refractivity contribution in [2.75, 3.05) is 0 Å². The monoisotopic (exact) mass is 270 g/mol. The first-order valence-electron chi connectivity index (χ1n) is 7.57. The lowest BCUT2D eigenvalue weighted by Crippen LogP contribution is -2.34. The second-order valence-corrected chi connectivity index (χ2v) is 5.72. The van der Waals surface area contributed by atoms with E-state index in [1.54, 1.807) is 0 Å². The quantitative estimate of drug-likeness (QED) is 0.563. The molecule has 20 heavy (non-hydrogen) atoms. The third-order valence-electron chi connectivity index (χ3n) is 3.89. The topological polar surface area (TPSA) is 7.76 Å². The molecule has 2 rings (SSSR count). The van der Waals surface area contributed by atoms with Gasteiger partial charge in [-0.05, 0) is 38.3 Å². The van der Waals surface area contributed by atoms with Crippen molar-refractivity contribution in [3.8, 4) is 0 Å².